The monoisotopic (exact) mass is 263 g/mol. The predicted molar refractivity (Wildman–Crippen MR) is 70.5 cm³/mol. The van der Waals surface area contributed by atoms with E-state index in [1.165, 1.54) is 0 Å². The Labute approximate surface area is 110 Å². The molecule has 0 unspecified atom stereocenters. The fourth-order valence-electron chi connectivity index (χ4n) is 1.66. The standard InChI is InChI=1S/C13H14ClN3O/c14-12-3-1-2-10(6-12)7-13(18)15-5-4-11-8-16-17-9-11/h1-3,6,8-9H,4-5,7H2,(H,15,18)(H,16,17). The highest BCUT2D eigenvalue weighted by atomic mass is 35.5. The molecule has 1 amide bonds. The topological polar surface area (TPSA) is 57.8 Å². The van der Waals surface area contributed by atoms with E-state index in [1.54, 1.807) is 18.3 Å². The van der Waals surface area contributed by atoms with Gasteiger partial charge >= 0.3 is 0 Å². The highest BCUT2D eigenvalue weighted by Crippen LogP contribution is 2.10. The van der Waals surface area contributed by atoms with Crippen molar-refractivity contribution in [1.29, 1.82) is 0 Å². The van der Waals surface area contributed by atoms with Gasteiger partial charge in [0, 0.05) is 17.8 Å². The SMILES string of the molecule is O=C(Cc1cccc(Cl)c1)NCCc1cn[nH]c1. The van der Waals surface area contributed by atoms with E-state index in [0.29, 0.717) is 18.0 Å². The Balaban J connectivity index is 1.75. The van der Waals surface area contributed by atoms with E-state index in [9.17, 15) is 4.79 Å². The van der Waals surface area contributed by atoms with Gasteiger partial charge in [-0.05, 0) is 29.7 Å². The zero-order valence-corrected chi connectivity index (χ0v) is 10.6. The van der Waals surface area contributed by atoms with Crippen LogP contribution in [0.15, 0.2) is 36.7 Å². The summed E-state index contributed by atoms with van der Waals surface area (Å²) in [7, 11) is 0. The molecule has 1 aromatic carbocycles. The van der Waals surface area contributed by atoms with Gasteiger partial charge in [-0.15, -0.1) is 0 Å². The van der Waals surface area contributed by atoms with Crippen LogP contribution in [0, 0.1) is 0 Å². The van der Waals surface area contributed by atoms with Crippen LogP contribution in [0.5, 0.6) is 0 Å². The molecule has 0 spiro atoms. The van der Waals surface area contributed by atoms with Crippen molar-refractivity contribution >= 4 is 17.5 Å². The first-order valence-electron chi connectivity index (χ1n) is 5.73. The number of nitrogens with zero attached hydrogens (tertiary/aromatic N) is 1. The van der Waals surface area contributed by atoms with E-state index in [-0.39, 0.29) is 5.91 Å². The third kappa shape index (κ3) is 3.89. The highest BCUT2D eigenvalue weighted by molar-refractivity contribution is 6.30. The summed E-state index contributed by atoms with van der Waals surface area (Å²) in [4.78, 5) is 11.7. The first kappa shape index (κ1) is 12.6. The predicted octanol–water partition coefficient (Wildman–Crippen LogP) is 1.96. The number of aromatic amines is 1. The van der Waals surface area contributed by atoms with Crippen molar-refractivity contribution in [3.05, 3.63) is 52.8 Å². The number of nitrogens with one attached hydrogen (secondary N) is 2. The van der Waals surface area contributed by atoms with Gasteiger partial charge in [0.15, 0.2) is 0 Å². The third-order valence-electron chi connectivity index (χ3n) is 2.54. The average molecular weight is 264 g/mol. The normalized spacial score (nSPS) is 10.3. The maximum absolute atomic E-state index is 11.7. The Morgan fingerprint density at radius 3 is 3.00 bits per heavy atom. The zero-order chi connectivity index (χ0) is 12.8. The van der Waals surface area contributed by atoms with Crippen molar-refractivity contribution in [2.24, 2.45) is 0 Å². The molecule has 0 aliphatic rings. The fraction of sp³-hybridized carbons (Fsp3) is 0.231. The minimum absolute atomic E-state index is 0.000705. The smallest absolute Gasteiger partial charge is 0.224 e. The molecule has 18 heavy (non-hydrogen) atoms. The third-order valence-corrected chi connectivity index (χ3v) is 2.78. The van der Waals surface area contributed by atoms with Gasteiger partial charge in [-0.2, -0.15) is 5.10 Å². The highest BCUT2D eigenvalue weighted by Gasteiger charge is 2.03. The van der Waals surface area contributed by atoms with Gasteiger partial charge in [-0.25, -0.2) is 0 Å². The minimum Gasteiger partial charge on any atom is -0.355 e. The van der Waals surface area contributed by atoms with Gasteiger partial charge in [0.1, 0.15) is 0 Å². The summed E-state index contributed by atoms with van der Waals surface area (Å²) in [6.45, 7) is 0.610. The molecule has 0 saturated heterocycles. The fourth-order valence-corrected chi connectivity index (χ4v) is 1.87. The quantitative estimate of drug-likeness (QED) is 0.866. The second kappa shape index (κ2) is 6.21. The number of hydrogen-bond donors (Lipinski definition) is 2. The number of hydrogen-bond acceptors (Lipinski definition) is 2. The number of amides is 1. The number of H-pyrrole nitrogens is 1. The Morgan fingerprint density at radius 2 is 2.28 bits per heavy atom. The first-order valence-corrected chi connectivity index (χ1v) is 6.10. The zero-order valence-electron chi connectivity index (χ0n) is 9.82. The van der Waals surface area contributed by atoms with Crippen LogP contribution in [0.4, 0.5) is 0 Å². The molecule has 0 atom stereocenters. The molecule has 1 heterocycles. The second-order valence-corrected chi connectivity index (χ2v) is 4.45. The number of carbonyl (C=O) groups is 1. The maximum Gasteiger partial charge on any atom is 0.224 e. The molecule has 5 heteroatoms. The van der Waals surface area contributed by atoms with Crippen LogP contribution < -0.4 is 5.32 Å². The van der Waals surface area contributed by atoms with Gasteiger partial charge in [0.2, 0.25) is 5.91 Å². The molecule has 2 aromatic rings. The molecule has 1 aromatic heterocycles. The van der Waals surface area contributed by atoms with E-state index in [1.807, 2.05) is 18.3 Å². The number of benzene rings is 1. The summed E-state index contributed by atoms with van der Waals surface area (Å²) >= 11 is 5.86. The van der Waals surface area contributed by atoms with Crippen LogP contribution in [-0.2, 0) is 17.6 Å². The maximum atomic E-state index is 11.7. The lowest BCUT2D eigenvalue weighted by Crippen LogP contribution is -2.27. The number of rotatable bonds is 5. The molecule has 0 fully saturated rings. The second-order valence-electron chi connectivity index (χ2n) is 4.01. The molecule has 0 aliphatic heterocycles. The Hall–Kier alpha value is -1.81. The Bertz CT molecular complexity index is 511. The summed E-state index contributed by atoms with van der Waals surface area (Å²) in [5, 5.41) is 10.1. The van der Waals surface area contributed by atoms with Crippen molar-refractivity contribution < 1.29 is 4.79 Å². The van der Waals surface area contributed by atoms with E-state index in [0.717, 1.165) is 17.5 Å². The van der Waals surface area contributed by atoms with Crippen molar-refractivity contribution in [1.82, 2.24) is 15.5 Å². The Morgan fingerprint density at radius 1 is 1.39 bits per heavy atom. The van der Waals surface area contributed by atoms with Gasteiger partial charge in [0.05, 0.1) is 12.6 Å². The Kier molecular flexibility index (Phi) is 4.36. The van der Waals surface area contributed by atoms with Crippen molar-refractivity contribution in [3.8, 4) is 0 Å². The number of aromatic nitrogens is 2. The number of halogens is 1. The first-order chi connectivity index (χ1) is 8.74. The van der Waals surface area contributed by atoms with Crippen LogP contribution in [0.2, 0.25) is 5.02 Å². The molecular weight excluding hydrogens is 250 g/mol. The molecule has 0 radical (unpaired) electrons. The van der Waals surface area contributed by atoms with Gasteiger partial charge in [-0.3, -0.25) is 9.89 Å². The van der Waals surface area contributed by atoms with Crippen molar-refractivity contribution in [3.63, 3.8) is 0 Å². The van der Waals surface area contributed by atoms with Crippen LogP contribution in [-0.4, -0.2) is 22.6 Å². The van der Waals surface area contributed by atoms with E-state index in [4.69, 9.17) is 11.6 Å². The molecule has 2 N–H and O–H groups in total. The molecule has 4 nitrogen and oxygen atoms in total. The summed E-state index contributed by atoms with van der Waals surface area (Å²) < 4.78 is 0. The lowest BCUT2D eigenvalue weighted by atomic mass is 10.1. The number of carbonyl (C=O) groups excluding carboxylic acids is 1. The molecule has 0 aliphatic carbocycles. The largest absolute Gasteiger partial charge is 0.355 e. The van der Waals surface area contributed by atoms with Gasteiger partial charge in [0.25, 0.3) is 0 Å². The molecule has 2 rings (SSSR count). The summed E-state index contributed by atoms with van der Waals surface area (Å²) in [6, 6.07) is 7.33. The van der Waals surface area contributed by atoms with E-state index >= 15 is 0 Å². The van der Waals surface area contributed by atoms with E-state index in [2.05, 4.69) is 15.5 Å². The van der Waals surface area contributed by atoms with Crippen LogP contribution in [0.25, 0.3) is 0 Å². The van der Waals surface area contributed by atoms with Gasteiger partial charge < -0.3 is 5.32 Å². The van der Waals surface area contributed by atoms with E-state index < -0.39 is 0 Å². The van der Waals surface area contributed by atoms with Crippen LogP contribution >= 0.6 is 11.6 Å². The molecule has 94 valence electrons. The van der Waals surface area contributed by atoms with Crippen LogP contribution in [0.1, 0.15) is 11.1 Å². The van der Waals surface area contributed by atoms with Crippen molar-refractivity contribution in [2.45, 2.75) is 12.8 Å². The molecular formula is C13H14ClN3O. The van der Waals surface area contributed by atoms with Crippen LogP contribution in [0.3, 0.4) is 0 Å². The summed E-state index contributed by atoms with van der Waals surface area (Å²) in [5.41, 5.74) is 2.00. The minimum atomic E-state index is 0.000705. The average Bonchev–Trinajstić information content (AvgIpc) is 2.82. The lowest BCUT2D eigenvalue weighted by Gasteiger charge is -2.04. The van der Waals surface area contributed by atoms with Gasteiger partial charge in [-0.1, -0.05) is 23.7 Å². The molecule has 0 bridgehead atoms. The summed E-state index contributed by atoms with van der Waals surface area (Å²) in [5.74, 6) is 0.000705. The lowest BCUT2D eigenvalue weighted by molar-refractivity contribution is -0.120. The van der Waals surface area contributed by atoms with Crippen molar-refractivity contribution in [2.75, 3.05) is 6.54 Å². The summed E-state index contributed by atoms with van der Waals surface area (Å²) in [6.07, 6.45) is 4.70. The molecule has 0 saturated carbocycles.